The maximum atomic E-state index is 12.1. The van der Waals surface area contributed by atoms with Crippen LogP contribution in [0.4, 0.5) is 0 Å². The number of aromatic nitrogens is 1. The minimum Gasteiger partial charge on any atom is -0.351 e. The molecule has 0 bridgehead atoms. The molecule has 1 aromatic heterocycles. The molecule has 0 aliphatic carbocycles. The first-order valence-corrected chi connectivity index (χ1v) is 7.02. The Hall–Kier alpha value is -2.20. The molecule has 0 fully saturated rings. The molecule has 0 unspecified atom stereocenters. The second-order valence-corrected chi connectivity index (χ2v) is 5.34. The number of likely N-dealkylation sites (N-methyl/N-ethyl adjacent to an activating group) is 1. The zero-order valence-corrected chi connectivity index (χ0v) is 12.8. The van der Waals surface area contributed by atoms with Crippen molar-refractivity contribution in [1.29, 1.82) is 0 Å². The number of pyridine rings is 1. The van der Waals surface area contributed by atoms with Crippen LogP contribution in [0, 0.1) is 6.92 Å². The maximum absolute atomic E-state index is 12.1. The molecule has 0 aliphatic heterocycles. The monoisotopic (exact) mass is 283 g/mol. The predicted molar refractivity (Wildman–Crippen MR) is 85.3 cm³/mol. The van der Waals surface area contributed by atoms with Crippen LogP contribution in [0.1, 0.15) is 15.9 Å². The van der Waals surface area contributed by atoms with Crippen LogP contribution >= 0.6 is 0 Å². The minimum atomic E-state index is -0.0835. The molecular weight excluding hydrogens is 262 g/mol. The van der Waals surface area contributed by atoms with Crippen LogP contribution in [-0.4, -0.2) is 43.0 Å². The summed E-state index contributed by atoms with van der Waals surface area (Å²) in [6, 6.07) is 9.98. The molecule has 0 atom stereocenters. The summed E-state index contributed by atoms with van der Waals surface area (Å²) in [6.45, 7) is 3.50. The van der Waals surface area contributed by atoms with Crippen molar-refractivity contribution >= 4 is 5.91 Å². The molecule has 1 aromatic carbocycles. The quantitative estimate of drug-likeness (QED) is 0.916. The molecule has 1 heterocycles. The number of hydrogen-bond acceptors (Lipinski definition) is 3. The first-order chi connectivity index (χ1) is 10.1. The summed E-state index contributed by atoms with van der Waals surface area (Å²) in [5.74, 6) is -0.0835. The van der Waals surface area contributed by atoms with Crippen molar-refractivity contribution in [2.24, 2.45) is 0 Å². The Kier molecular flexibility index (Phi) is 5.06. The Morgan fingerprint density at radius 3 is 2.71 bits per heavy atom. The van der Waals surface area contributed by atoms with Gasteiger partial charge in [-0.15, -0.1) is 0 Å². The highest BCUT2D eigenvalue weighted by Gasteiger charge is 2.08. The standard InChI is InChI=1S/C17H21N3O/c1-13-6-4-5-7-16(13)14-10-15(12-18-11-14)17(21)19-8-9-20(2)3/h4-7,10-12H,8-9H2,1-3H3,(H,19,21). The van der Waals surface area contributed by atoms with Crippen LogP contribution in [-0.2, 0) is 0 Å². The van der Waals surface area contributed by atoms with Gasteiger partial charge in [-0.25, -0.2) is 0 Å². The average molecular weight is 283 g/mol. The van der Waals surface area contributed by atoms with Crippen molar-refractivity contribution in [3.05, 3.63) is 53.9 Å². The summed E-state index contributed by atoms with van der Waals surface area (Å²) < 4.78 is 0. The Labute approximate surface area is 125 Å². The number of carbonyl (C=O) groups excluding carboxylic acids is 1. The van der Waals surface area contributed by atoms with Crippen molar-refractivity contribution in [2.45, 2.75) is 6.92 Å². The van der Waals surface area contributed by atoms with E-state index >= 15 is 0 Å². The van der Waals surface area contributed by atoms with Gasteiger partial charge in [0.05, 0.1) is 5.56 Å². The summed E-state index contributed by atoms with van der Waals surface area (Å²) in [6.07, 6.45) is 3.39. The van der Waals surface area contributed by atoms with Gasteiger partial charge in [0, 0.05) is 31.0 Å². The number of nitrogens with zero attached hydrogens (tertiary/aromatic N) is 2. The third-order valence-corrected chi connectivity index (χ3v) is 3.30. The largest absolute Gasteiger partial charge is 0.351 e. The van der Waals surface area contributed by atoms with Crippen molar-refractivity contribution in [3.63, 3.8) is 0 Å². The Balaban J connectivity index is 2.14. The summed E-state index contributed by atoms with van der Waals surface area (Å²) >= 11 is 0. The Morgan fingerprint density at radius 2 is 2.00 bits per heavy atom. The lowest BCUT2D eigenvalue weighted by Crippen LogP contribution is -2.31. The molecule has 0 radical (unpaired) electrons. The lowest BCUT2D eigenvalue weighted by Gasteiger charge is -2.11. The van der Waals surface area contributed by atoms with Crippen LogP contribution in [0.25, 0.3) is 11.1 Å². The molecule has 21 heavy (non-hydrogen) atoms. The highest BCUT2D eigenvalue weighted by molar-refractivity contribution is 5.95. The van der Waals surface area contributed by atoms with Gasteiger partial charge in [-0.2, -0.15) is 0 Å². The smallest absolute Gasteiger partial charge is 0.252 e. The highest BCUT2D eigenvalue weighted by atomic mass is 16.1. The van der Waals surface area contributed by atoms with Gasteiger partial charge in [-0.05, 0) is 38.2 Å². The summed E-state index contributed by atoms with van der Waals surface area (Å²) in [7, 11) is 3.96. The second kappa shape index (κ2) is 6.99. The second-order valence-electron chi connectivity index (χ2n) is 5.34. The zero-order valence-electron chi connectivity index (χ0n) is 12.8. The van der Waals surface area contributed by atoms with E-state index in [2.05, 4.69) is 23.3 Å². The predicted octanol–water partition coefficient (Wildman–Crippen LogP) is 2.35. The van der Waals surface area contributed by atoms with E-state index < -0.39 is 0 Å². The first-order valence-electron chi connectivity index (χ1n) is 7.02. The van der Waals surface area contributed by atoms with E-state index in [1.165, 1.54) is 5.56 Å². The molecule has 1 amide bonds. The van der Waals surface area contributed by atoms with Gasteiger partial charge in [0.1, 0.15) is 0 Å². The highest BCUT2D eigenvalue weighted by Crippen LogP contribution is 2.22. The number of carbonyl (C=O) groups is 1. The van der Waals surface area contributed by atoms with Gasteiger partial charge in [-0.1, -0.05) is 24.3 Å². The number of benzene rings is 1. The summed E-state index contributed by atoms with van der Waals surface area (Å²) in [5.41, 5.74) is 3.83. The van der Waals surface area contributed by atoms with Gasteiger partial charge in [0.15, 0.2) is 0 Å². The maximum Gasteiger partial charge on any atom is 0.252 e. The van der Waals surface area contributed by atoms with Crippen molar-refractivity contribution in [3.8, 4) is 11.1 Å². The molecule has 0 saturated heterocycles. The van der Waals surface area contributed by atoms with E-state index in [0.717, 1.165) is 17.7 Å². The van der Waals surface area contributed by atoms with E-state index in [4.69, 9.17) is 0 Å². The number of aryl methyl sites for hydroxylation is 1. The minimum absolute atomic E-state index is 0.0835. The molecule has 0 saturated carbocycles. The molecule has 2 rings (SSSR count). The van der Waals surface area contributed by atoms with E-state index in [9.17, 15) is 4.79 Å². The average Bonchev–Trinajstić information content (AvgIpc) is 2.47. The molecule has 110 valence electrons. The SMILES string of the molecule is Cc1ccccc1-c1cncc(C(=O)NCCN(C)C)c1. The van der Waals surface area contributed by atoms with Crippen LogP contribution in [0.2, 0.25) is 0 Å². The number of hydrogen-bond donors (Lipinski definition) is 1. The Morgan fingerprint density at radius 1 is 1.24 bits per heavy atom. The number of rotatable bonds is 5. The molecular formula is C17H21N3O. The molecule has 0 aliphatic rings. The molecule has 1 N–H and O–H groups in total. The third-order valence-electron chi connectivity index (χ3n) is 3.30. The number of nitrogens with one attached hydrogen (secondary N) is 1. The van der Waals surface area contributed by atoms with Crippen LogP contribution in [0.15, 0.2) is 42.7 Å². The molecule has 4 heteroatoms. The van der Waals surface area contributed by atoms with Gasteiger partial charge >= 0.3 is 0 Å². The lowest BCUT2D eigenvalue weighted by molar-refractivity contribution is 0.0950. The first kappa shape index (κ1) is 15.2. The Bertz CT molecular complexity index is 623. The van der Waals surface area contributed by atoms with E-state index in [1.54, 1.807) is 12.4 Å². The molecule has 0 spiro atoms. The lowest BCUT2D eigenvalue weighted by atomic mass is 10.0. The van der Waals surface area contributed by atoms with Crippen LogP contribution in [0.5, 0.6) is 0 Å². The fourth-order valence-corrected chi connectivity index (χ4v) is 2.10. The topological polar surface area (TPSA) is 45.2 Å². The number of amides is 1. The molecule has 4 nitrogen and oxygen atoms in total. The van der Waals surface area contributed by atoms with Gasteiger partial charge in [0.25, 0.3) is 5.91 Å². The van der Waals surface area contributed by atoms with E-state index in [1.807, 2.05) is 43.3 Å². The van der Waals surface area contributed by atoms with E-state index in [-0.39, 0.29) is 5.91 Å². The fourth-order valence-electron chi connectivity index (χ4n) is 2.10. The van der Waals surface area contributed by atoms with Gasteiger partial charge < -0.3 is 10.2 Å². The molecule has 2 aromatic rings. The van der Waals surface area contributed by atoms with Crippen LogP contribution < -0.4 is 5.32 Å². The van der Waals surface area contributed by atoms with Crippen molar-refractivity contribution in [1.82, 2.24) is 15.2 Å². The van der Waals surface area contributed by atoms with E-state index in [0.29, 0.717) is 12.1 Å². The fraction of sp³-hybridized carbons (Fsp3) is 0.294. The van der Waals surface area contributed by atoms with Crippen LogP contribution in [0.3, 0.4) is 0 Å². The van der Waals surface area contributed by atoms with Gasteiger partial charge in [0.2, 0.25) is 0 Å². The van der Waals surface area contributed by atoms with Crippen molar-refractivity contribution in [2.75, 3.05) is 27.2 Å². The summed E-state index contributed by atoms with van der Waals surface area (Å²) in [4.78, 5) is 18.4. The third kappa shape index (κ3) is 4.13. The van der Waals surface area contributed by atoms with Gasteiger partial charge in [-0.3, -0.25) is 9.78 Å². The van der Waals surface area contributed by atoms with Crippen molar-refractivity contribution < 1.29 is 4.79 Å². The normalized spacial score (nSPS) is 10.7. The summed E-state index contributed by atoms with van der Waals surface area (Å²) in [5, 5.41) is 2.90. The zero-order chi connectivity index (χ0) is 15.2.